The first-order valence-corrected chi connectivity index (χ1v) is 29.1. The third-order valence-corrected chi connectivity index (χ3v) is 16.2. The van der Waals surface area contributed by atoms with Crippen LogP contribution in [-0.2, 0) is 55.4 Å². The molecule has 1 aliphatic carbocycles. The van der Waals surface area contributed by atoms with Crippen molar-refractivity contribution in [2.45, 2.75) is 80.3 Å². The maximum Gasteiger partial charge on any atom is 0.389 e. The fraction of sp³-hybridized carbons (Fsp3) is 0.312. The second-order valence-electron chi connectivity index (χ2n) is 16.5. The van der Waals surface area contributed by atoms with Gasteiger partial charge in [-0.25, -0.2) is 50.5 Å². The third kappa shape index (κ3) is 17.5. The van der Waals surface area contributed by atoms with Crippen LogP contribution in [0.1, 0.15) is 62.9 Å². The fourth-order valence-corrected chi connectivity index (χ4v) is 11.3. The number of alkyl halides is 3. The number of amides is 6. The van der Waals surface area contributed by atoms with E-state index in [0.29, 0.717) is 40.3 Å². The molecule has 5 aromatic rings. The summed E-state index contributed by atoms with van der Waals surface area (Å²) in [6, 6.07) is 11.0. The van der Waals surface area contributed by atoms with E-state index in [4.69, 9.17) is 42.1 Å². The summed E-state index contributed by atoms with van der Waals surface area (Å²) in [5.74, 6) is -1.79. The lowest BCUT2D eigenvalue weighted by Gasteiger charge is -2.16. The number of hydrogen-bond acceptors (Lipinski definition) is 21. The predicted octanol–water partition coefficient (Wildman–Crippen LogP) is 6.61. The minimum Gasteiger partial charge on any atom is -0.481 e. The molecule has 0 bridgehead atoms. The molecule has 0 radical (unpaired) electrons. The van der Waals surface area contributed by atoms with E-state index in [9.17, 15) is 62.4 Å². The largest absolute Gasteiger partial charge is 0.481 e. The molecular weight excluding hydrogens is 1190 g/mol. The Balaban J connectivity index is 0.000000226. The number of benzene rings is 2. The number of nitrogens with zero attached hydrogens (tertiary/aromatic N) is 7. The first kappa shape index (κ1) is 64.7. The van der Waals surface area contributed by atoms with Gasteiger partial charge < -0.3 is 18.9 Å². The lowest BCUT2D eigenvalue weighted by molar-refractivity contribution is -0.137. The van der Waals surface area contributed by atoms with Crippen LogP contribution >= 0.6 is 23.2 Å². The number of ether oxygens (including phenoxy) is 4. The third-order valence-electron chi connectivity index (χ3n) is 10.9. The van der Waals surface area contributed by atoms with Gasteiger partial charge in [-0.3, -0.25) is 20.2 Å². The van der Waals surface area contributed by atoms with E-state index >= 15 is 0 Å². The van der Waals surface area contributed by atoms with Crippen LogP contribution in [0.4, 0.5) is 40.3 Å². The van der Waals surface area contributed by atoms with Crippen molar-refractivity contribution in [2.24, 2.45) is 0 Å². The molecule has 82 heavy (non-hydrogen) atoms. The van der Waals surface area contributed by atoms with E-state index < -0.39 is 81.8 Å². The number of methoxy groups -OCH3 is 3. The van der Waals surface area contributed by atoms with Gasteiger partial charge in [-0.1, -0.05) is 48.3 Å². The Morgan fingerprint density at radius 1 is 0.744 bits per heavy atom. The molecule has 0 unspecified atom stereocenters. The minimum absolute atomic E-state index is 0.0612. The first-order valence-electron chi connectivity index (χ1n) is 23.7. The number of pyridine rings is 1. The van der Waals surface area contributed by atoms with Gasteiger partial charge in [0, 0.05) is 28.8 Å². The number of rotatable bonds is 17. The number of nitrogens with one attached hydrogen (secondary N) is 4. The molecule has 1 aliphatic heterocycles. The number of anilines is 3. The number of sulfone groups is 1. The van der Waals surface area contributed by atoms with Crippen LogP contribution in [0.15, 0.2) is 97.9 Å². The van der Waals surface area contributed by atoms with Crippen molar-refractivity contribution in [1.82, 2.24) is 39.3 Å². The quantitative estimate of drug-likeness (QED) is 0.0432. The molecule has 0 fully saturated rings. The molecule has 3 aromatic heterocycles. The van der Waals surface area contributed by atoms with Gasteiger partial charge in [0.05, 0.1) is 50.3 Å². The highest BCUT2D eigenvalue weighted by Crippen LogP contribution is 2.37. The van der Waals surface area contributed by atoms with Crippen molar-refractivity contribution in [3.63, 3.8) is 0 Å². The molecule has 0 saturated heterocycles. The highest BCUT2D eigenvalue weighted by molar-refractivity contribution is 7.93. The maximum atomic E-state index is 12.7. The van der Waals surface area contributed by atoms with Gasteiger partial charge in [-0.2, -0.15) is 46.5 Å². The highest BCUT2D eigenvalue weighted by Gasteiger charge is 2.40. The number of esters is 1. The number of urea groups is 2. The molecule has 2 aliphatic rings. The molecule has 4 N–H and O–H groups in total. The number of carbonyl (C=O) groups excluding carboxylic acids is 5. The molecule has 34 heteroatoms. The van der Waals surface area contributed by atoms with Crippen molar-refractivity contribution in [3.8, 4) is 17.8 Å². The molecule has 7 rings (SSSR count). The Labute approximate surface area is 477 Å². The van der Waals surface area contributed by atoms with Crippen LogP contribution in [0.5, 0.6) is 17.8 Å². The van der Waals surface area contributed by atoms with Crippen LogP contribution in [0, 0.1) is 6.92 Å². The van der Waals surface area contributed by atoms with Crippen molar-refractivity contribution in [1.29, 1.82) is 0 Å². The summed E-state index contributed by atoms with van der Waals surface area (Å²) >= 11 is 12.1. The number of sulfonamides is 2. The SMILES string of the molecule is CCOC(=O)/C(Cl)=C/c1cc(N2C(=O)C3=C(CCCC3)C2=O)ccc1Cl.CCS(=O)(=O)c1cccnc1S(=O)(=O)NC(=O)Nc1nc(OC)cc(OC)n1.COc1nc(C)nc(NC(=O)NS(=O)(=O)c2ccccc2CCC(F)(F)F)n1. The summed E-state index contributed by atoms with van der Waals surface area (Å²) in [6.45, 7) is 4.73. The van der Waals surface area contributed by atoms with Gasteiger partial charge in [0.2, 0.25) is 23.7 Å². The Morgan fingerprint density at radius 3 is 1.88 bits per heavy atom. The van der Waals surface area contributed by atoms with Crippen LogP contribution in [0.3, 0.4) is 0 Å². The Bertz CT molecular complexity index is 3620. The number of halogens is 5. The van der Waals surface area contributed by atoms with Gasteiger partial charge in [-0.15, -0.1) is 0 Å². The van der Waals surface area contributed by atoms with Crippen LogP contribution in [-0.4, -0.2) is 125 Å². The highest BCUT2D eigenvalue weighted by atomic mass is 35.5. The molecule has 2 aromatic carbocycles. The summed E-state index contributed by atoms with van der Waals surface area (Å²) in [6.07, 6.45) is -0.651. The molecule has 26 nitrogen and oxygen atoms in total. The molecule has 4 heterocycles. The van der Waals surface area contributed by atoms with E-state index in [1.54, 1.807) is 34.6 Å². The topological polar surface area (TPSA) is 353 Å². The zero-order chi connectivity index (χ0) is 60.7. The summed E-state index contributed by atoms with van der Waals surface area (Å²) in [5, 5.41) is 3.62. The lowest BCUT2D eigenvalue weighted by Crippen LogP contribution is -2.36. The fourth-order valence-electron chi connectivity index (χ4n) is 7.24. The number of carbonyl (C=O) groups is 5. The number of aromatic nitrogens is 6. The van der Waals surface area contributed by atoms with E-state index in [1.807, 2.05) is 0 Å². The molecule has 0 saturated carbocycles. The van der Waals surface area contributed by atoms with Gasteiger partial charge in [0.1, 0.15) is 15.8 Å². The van der Waals surface area contributed by atoms with Gasteiger partial charge >= 0.3 is 30.2 Å². The van der Waals surface area contributed by atoms with Gasteiger partial charge in [0.25, 0.3) is 31.9 Å². The number of hydrogen-bond donors (Lipinski definition) is 4. The smallest absolute Gasteiger partial charge is 0.389 e. The standard InChI is InChI=1S/C19H17Cl2NO4.C15H16F3N5O4S.C14H17N5O7S2/c1-2-26-19(25)16(21)10-11-9-12(7-8-15(11)20)22-17(23)13-5-3-4-6-14(13)18(22)24;1-9-19-12(22-14(20-9)27-2)21-13(24)23-28(25,26)11-6-4-3-5-10(11)7-8-15(16,17)18;1-4-27(21,22)9-6-5-7-15-12(9)28(23,24)19-14(20)18-13-16-10(25-2)8-11(17-13)26-3/h7-10H,2-6H2,1H3;3-6H,7-8H2,1-2H3,(H2,19,20,21,22,23,24);5-8H,4H2,1-3H3,(H2,16,17,18,19,20)/b16-10-;;. The Hall–Kier alpha value is -8.07. The first-order chi connectivity index (χ1) is 38.6. The van der Waals surface area contributed by atoms with Crippen molar-refractivity contribution in [3.05, 3.63) is 105 Å². The van der Waals surface area contributed by atoms with Crippen LogP contribution in [0.2, 0.25) is 5.02 Å². The van der Waals surface area contributed by atoms with E-state index in [2.05, 4.69) is 40.5 Å². The zero-order valence-electron chi connectivity index (χ0n) is 44.0. The zero-order valence-corrected chi connectivity index (χ0v) is 47.9. The second-order valence-corrected chi connectivity index (χ2v) is 22.9. The monoisotopic (exact) mass is 1240 g/mol. The van der Waals surface area contributed by atoms with Gasteiger partial charge in [-0.05, 0) is 99.6 Å². The maximum absolute atomic E-state index is 12.7. The van der Waals surface area contributed by atoms with Crippen molar-refractivity contribution in [2.75, 3.05) is 49.2 Å². The van der Waals surface area contributed by atoms with Crippen LogP contribution < -0.4 is 39.2 Å². The normalized spacial score (nSPS) is 13.5. The average molecular weight is 1250 g/mol. The Kier molecular flexibility index (Phi) is 22.2. The van der Waals surface area contributed by atoms with E-state index in [0.717, 1.165) is 31.2 Å². The van der Waals surface area contributed by atoms with E-state index in [1.165, 1.54) is 76.5 Å². The van der Waals surface area contributed by atoms with Gasteiger partial charge in [0.15, 0.2) is 14.9 Å². The molecule has 6 amide bonds. The Morgan fingerprint density at radius 2 is 1.32 bits per heavy atom. The van der Waals surface area contributed by atoms with Crippen LogP contribution in [0.25, 0.3) is 6.08 Å². The summed E-state index contributed by atoms with van der Waals surface area (Å²) in [5.41, 5.74) is 1.97. The number of aryl methyl sites for hydroxylation is 2. The second kappa shape index (κ2) is 28.1. The average Bonchev–Trinajstić information content (AvgIpc) is 2.92. The molecule has 0 spiro atoms. The van der Waals surface area contributed by atoms with Crippen molar-refractivity contribution < 1.29 is 81.3 Å². The summed E-state index contributed by atoms with van der Waals surface area (Å²) in [4.78, 5) is 83.9. The minimum atomic E-state index is -4.61. The molecule has 440 valence electrons. The summed E-state index contributed by atoms with van der Waals surface area (Å²) in [7, 11) is -8.99. The molecular formula is C48H50Cl2F3N11O15S3. The summed E-state index contributed by atoms with van der Waals surface area (Å²) < 4.78 is 134. The number of imide groups is 1. The van der Waals surface area contributed by atoms with Crippen molar-refractivity contribution >= 4 is 107 Å². The molecule has 0 atom stereocenters. The lowest BCUT2D eigenvalue weighted by atomic mass is 9.93. The predicted molar refractivity (Wildman–Crippen MR) is 288 cm³/mol. The van der Waals surface area contributed by atoms with E-state index in [-0.39, 0.29) is 70.3 Å².